The minimum absolute atomic E-state index is 0. The van der Waals surface area contributed by atoms with Gasteiger partial charge >= 0.3 is 0 Å². The van der Waals surface area contributed by atoms with Gasteiger partial charge in [-0.05, 0) is 23.4 Å². The smallest absolute Gasteiger partial charge is 0.224 e. The van der Waals surface area contributed by atoms with Crippen LogP contribution in [0.25, 0.3) is 0 Å². The number of carbonyl (C=O) groups excluding carboxylic acids is 1. The third kappa shape index (κ3) is 8.30. The molecular weight excluding hydrogens is 471 g/mol. The lowest BCUT2D eigenvalue weighted by Crippen LogP contribution is -2.41. The Morgan fingerprint density at radius 1 is 1.11 bits per heavy atom. The molecule has 2 aromatic rings. The van der Waals surface area contributed by atoms with Crippen LogP contribution in [0.3, 0.4) is 0 Å². The number of nitrogens with one attached hydrogen (secondary N) is 1. The molecule has 0 aliphatic rings. The maximum absolute atomic E-state index is 12.3. The lowest BCUT2D eigenvalue weighted by molar-refractivity contribution is -0.130. The molecule has 1 N–H and O–H groups in total. The quantitative estimate of drug-likeness (QED) is 0.343. The van der Waals surface area contributed by atoms with Crippen LogP contribution in [0, 0.1) is 0 Å². The largest absolute Gasteiger partial charge is 0.356 e. The van der Waals surface area contributed by atoms with Gasteiger partial charge in [0, 0.05) is 52.1 Å². The van der Waals surface area contributed by atoms with Crippen LogP contribution in [-0.4, -0.2) is 55.9 Å². The fraction of sp³-hybridized carbons (Fsp3) is 0.400. The molecule has 0 bridgehead atoms. The van der Waals surface area contributed by atoms with Crippen LogP contribution in [0.4, 0.5) is 0 Å². The molecule has 0 saturated carbocycles. The van der Waals surface area contributed by atoms with Crippen LogP contribution < -0.4 is 5.32 Å². The Morgan fingerprint density at radius 2 is 1.85 bits per heavy atom. The average Bonchev–Trinajstić information content (AvgIpc) is 3.17. The first-order chi connectivity index (χ1) is 12.6. The zero-order valence-electron chi connectivity index (χ0n) is 16.2. The zero-order chi connectivity index (χ0) is 18.8. The van der Waals surface area contributed by atoms with Gasteiger partial charge in [0.05, 0.1) is 0 Å². The molecule has 148 valence electrons. The van der Waals surface area contributed by atoms with E-state index in [0.29, 0.717) is 19.5 Å². The van der Waals surface area contributed by atoms with Crippen LogP contribution in [0.15, 0.2) is 52.8 Å². The molecule has 1 heterocycles. The first-order valence-electron chi connectivity index (χ1n) is 8.82. The van der Waals surface area contributed by atoms with Crippen LogP contribution in [-0.2, 0) is 17.8 Å². The van der Waals surface area contributed by atoms with Crippen molar-refractivity contribution < 1.29 is 4.79 Å². The summed E-state index contributed by atoms with van der Waals surface area (Å²) in [6, 6.07) is 14.3. The summed E-state index contributed by atoms with van der Waals surface area (Å²) in [5.74, 6) is 0.943. The van der Waals surface area contributed by atoms with Gasteiger partial charge in [0.2, 0.25) is 5.91 Å². The van der Waals surface area contributed by atoms with Crippen LogP contribution in [0.2, 0.25) is 0 Å². The summed E-state index contributed by atoms with van der Waals surface area (Å²) in [5.41, 5.74) is 1.14. The summed E-state index contributed by atoms with van der Waals surface area (Å²) >= 11 is 1.77. The number of benzene rings is 1. The number of halogens is 1. The molecule has 0 aliphatic heterocycles. The summed E-state index contributed by atoms with van der Waals surface area (Å²) in [6.07, 6.45) is 1.44. The van der Waals surface area contributed by atoms with Crippen molar-refractivity contribution in [2.75, 3.05) is 34.2 Å². The van der Waals surface area contributed by atoms with Gasteiger partial charge < -0.3 is 15.1 Å². The van der Waals surface area contributed by atoms with Gasteiger partial charge in [-0.1, -0.05) is 36.4 Å². The van der Waals surface area contributed by atoms with E-state index in [-0.39, 0.29) is 29.9 Å². The van der Waals surface area contributed by atoms with Gasteiger partial charge in [0.1, 0.15) is 0 Å². The number of aliphatic imine (C=N–C) groups is 1. The third-order valence-electron chi connectivity index (χ3n) is 4.16. The van der Waals surface area contributed by atoms with E-state index in [1.807, 2.05) is 44.4 Å². The summed E-state index contributed by atoms with van der Waals surface area (Å²) in [6.45, 7) is 2.10. The molecule has 1 aromatic carbocycles. The predicted octanol–water partition coefficient (Wildman–Crippen LogP) is 3.46. The van der Waals surface area contributed by atoms with Crippen molar-refractivity contribution in [1.29, 1.82) is 0 Å². The second kappa shape index (κ2) is 12.7. The number of likely N-dealkylation sites (N-methyl/N-ethyl adjacent to an activating group) is 1. The summed E-state index contributed by atoms with van der Waals surface area (Å²) in [5, 5.41) is 5.38. The van der Waals surface area contributed by atoms with E-state index >= 15 is 0 Å². The van der Waals surface area contributed by atoms with Crippen molar-refractivity contribution in [3.63, 3.8) is 0 Å². The molecule has 5 nitrogen and oxygen atoms in total. The van der Waals surface area contributed by atoms with Crippen molar-refractivity contribution >= 4 is 47.2 Å². The topological polar surface area (TPSA) is 47.9 Å². The van der Waals surface area contributed by atoms with Gasteiger partial charge in [0.15, 0.2) is 5.96 Å². The highest BCUT2D eigenvalue weighted by Crippen LogP contribution is 2.09. The van der Waals surface area contributed by atoms with Crippen molar-refractivity contribution in [3.05, 3.63) is 58.3 Å². The molecule has 0 atom stereocenters. The maximum Gasteiger partial charge on any atom is 0.224 e. The second-order valence-corrected chi connectivity index (χ2v) is 7.24. The summed E-state index contributed by atoms with van der Waals surface area (Å²) in [7, 11) is 5.64. The van der Waals surface area contributed by atoms with Crippen LogP contribution in [0.5, 0.6) is 0 Å². The van der Waals surface area contributed by atoms with Crippen molar-refractivity contribution in [3.8, 4) is 0 Å². The first kappa shape index (κ1) is 23.4. The zero-order valence-corrected chi connectivity index (χ0v) is 19.4. The average molecular weight is 500 g/mol. The predicted molar refractivity (Wildman–Crippen MR) is 125 cm³/mol. The number of carbonyl (C=O) groups is 1. The Hall–Kier alpha value is -1.61. The van der Waals surface area contributed by atoms with Gasteiger partial charge in [-0.15, -0.1) is 35.3 Å². The molecule has 7 heteroatoms. The Kier molecular flexibility index (Phi) is 11.0. The normalized spacial score (nSPS) is 10.9. The molecule has 0 unspecified atom stereocenters. The van der Waals surface area contributed by atoms with Crippen LogP contribution >= 0.6 is 35.3 Å². The molecular formula is C20H29IN4OS. The second-order valence-electron chi connectivity index (χ2n) is 6.21. The van der Waals surface area contributed by atoms with Gasteiger partial charge in [0.25, 0.3) is 0 Å². The summed E-state index contributed by atoms with van der Waals surface area (Å²) in [4.78, 5) is 21.8. The Bertz CT molecular complexity index is 691. The molecule has 1 aromatic heterocycles. The highest BCUT2D eigenvalue weighted by atomic mass is 127. The van der Waals surface area contributed by atoms with Crippen molar-refractivity contribution in [1.82, 2.24) is 15.1 Å². The molecule has 0 radical (unpaired) electrons. The van der Waals surface area contributed by atoms with E-state index < -0.39 is 0 Å². The SMILES string of the molecule is CN=C(NCCC(=O)N(C)Cc1ccccc1)N(C)CCc1cccs1.I. The molecule has 0 saturated heterocycles. The van der Waals surface area contributed by atoms with Crippen molar-refractivity contribution in [2.45, 2.75) is 19.4 Å². The van der Waals surface area contributed by atoms with E-state index in [1.165, 1.54) is 4.88 Å². The van der Waals surface area contributed by atoms with E-state index in [9.17, 15) is 4.79 Å². The van der Waals surface area contributed by atoms with Gasteiger partial charge in [-0.3, -0.25) is 9.79 Å². The van der Waals surface area contributed by atoms with Gasteiger partial charge in [-0.2, -0.15) is 0 Å². The monoisotopic (exact) mass is 500 g/mol. The maximum atomic E-state index is 12.3. The number of nitrogens with zero attached hydrogens (tertiary/aromatic N) is 3. The highest BCUT2D eigenvalue weighted by Gasteiger charge is 2.11. The molecule has 0 spiro atoms. The third-order valence-corrected chi connectivity index (χ3v) is 5.09. The first-order valence-corrected chi connectivity index (χ1v) is 9.70. The Morgan fingerprint density at radius 3 is 2.48 bits per heavy atom. The lowest BCUT2D eigenvalue weighted by atomic mass is 10.2. The van der Waals surface area contributed by atoms with E-state index in [0.717, 1.165) is 24.5 Å². The fourth-order valence-electron chi connectivity index (χ4n) is 2.64. The van der Waals surface area contributed by atoms with E-state index in [2.05, 4.69) is 32.7 Å². The van der Waals surface area contributed by atoms with E-state index in [1.54, 1.807) is 23.3 Å². The van der Waals surface area contributed by atoms with Crippen molar-refractivity contribution in [2.24, 2.45) is 4.99 Å². The highest BCUT2D eigenvalue weighted by molar-refractivity contribution is 14.0. The fourth-order valence-corrected chi connectivity index (χ4v) is 3.34. The van der Waals surface area contributed by atoms with Crippen LogP contribution in [0.1, 0.15) is 16.9 Å². The number of amides is 1. The number of thiophene rings is 1. The molecule has 1 amide bonds. The number of guanidine groups is 1. The van der Waals surface area contributed by atoms with E-state index in [4.69, 9.17) is 0 Å². The molecule has 0 aliphatic carbocycles. The number of hydrogen-bond acceptors (Lipinski definition) is 3. The minimum Gasteiger partial charge on any atom is -0.356 e. The summed E-state index contributed by atoms with van der Waals surface area (Å²) < 4.78 is 0. The standard InChI is InChI=1S/C20H28N4OS.HI/c1-21-20(23(2)14-12-18-10-7-15-26-18)22-13-11-19(25)24(3)16-17-8-5-4-6-9-17;/h4-10,15H,11-14,16H2,1-3H3,(H,21,22);1H. The molecule has 0 fully saturated rings. The Labute approximate surface area is 183 Å². The Balaban J connectivity index is 0.00000364. The molecule has 2 rings (SSSR count). The number of hydrogen-bond donors (Lipinski definition) is 1. The minimum atomic E-state index is 0. The molecule has 27 heavy (non-hydrogen) atoms. The lowest BCUT2D eigenvalue weighted by Gasteiger charge is -2.22. The van der Waals surface area contributed by atoms with Gasteiger partial charge in [-0.25, -0.2) is 0 Å². The number of rotatable bonds is 8.